The predicted molar refractivity (Wildman–Crippen MR) is 129 cm³/mol. The minimum absolute atomic E-state index is 0. The Morgan fingerprint density at radius 1 is 0.312 bits per heavy atom. The number of hydrogen-bond donors (Lipinski definition) is 0. The summed E-state index contributed by atoms with van der Waals surface area (Å²) in [5.74, 6) is 0. The van der Waals surface area contributed by atoms with Gasteiger partial charge in [0.2, 0.25) is 0 Å². The van der Waals surface area contributed by atoms with E-state index in [9.17, 15) is 0 Å². The second kappa shape index (κ2) is 42.0. The van der Waals surface area contributed by atoms with E-state index in [1.54, 1.807) is 31.1 Å². The van der Waals surface area contributed by atoms with Crippen molar-refractivity contribution in [3.05, 3.63) is 0 Å². The first-order valence-corrected chi connectivity index (χ1v) is 14.6. The molecule has 200 valence electrons. The fourth-order valence-corrected chi connectivity index (χ4v) is 9.28. The molecule has 0 saturated heterocycles. The van der Waals surface area contributed by atoms with Crippen LogP contribution in [0.15, 0.2) is 0 Å². The standard InChI is InChI=1S/C24H52P.6FH.Sb/c1-5-9-13-14-15-16-17-18-19-20-24-25(21-10-6-2,22-11-7-3)23-12-8-4;;;;;;;/h5-24H2,1-4H3;6*1H;/q+1;;;;;;;+5/p-6. The molecule has 0 saturated carbocycles. The van der Waals surface area contributed by atoms with Gasteiger partial charge in [-0.2, -0.15) is 0 Å². The van der Waals surface area contributed by atoms with Crippen molar-refractivity contribution in [1.29, 1.82) is 0 Å². The molecule has 0 aromatic heterocycles. The van der Waals surface area contributed by atoms with Crippen LogP contribution in [0.5, 0.6) is 0 Å². The first-order valence-electron chi connectivity index (χ1n) is 12.1. The molecule has 0 nitrogen and oxygen atoms in total. The second-order valence-corrected chi connectivity index (χ2v) is 13.0. The van der Waals surface area contributed by atoms with Crippen molar-refractivity contribution < 1.29 is 28.2 Å². The molecule has 0 aliphatic heterocycles. The second-order valence-electron chi connectivity index (χ2n) is 8.48. The Morgan fingerprint density at radius 3 is 0.812 bits per heavy atom. The molecular formula is C24H52F6PSb. The zero-order valence-electron chi connectivity index (χ0n) is 21.3. The van der Waals surface area contributed by atoms with Gasteiger partial charge >= 0.3 is 24.4 Å². The maximum atomic E-state index is 2.38. The van der Waals surface area contributed by atoms with Crippen LogP contribution in [0.1, 0.15) is 130 Å². The molecule has 0 heterocycles. The van der Waals surface area contributed by atoms with E-state index in [1.165, 1.54) is 96.3 Å². The summed E-state index contributed by atoms with van der Waals surface area (Å²) in [6.45, 7) is 9.46. The molecule has 0 aliphatic rings. The fourth-order valence-electron chi connectivity index (χ4n) is 4.09. The van der Waals surface area contributed by atoms with Gasteiger partial charge in [-0.15, -0.1) is 0 Å². The van der Waals surface area contributed by atoms with E-state index >= 15 is 0 Å². The van der Waals surface area contributed by atoms with Gasteiger partial charge in [-0.1, -0.05) is 98.3 Å². The Morgan fingerprint density at radius 2 is 0.531 bits per heavy atom. The van der Waals surface area contributed by atoms with Crippen molar-refractivity contribution in [3.63, 3.8) is 0 Å². The average Bonchev–Trinajstić information content (AvgIpc) is 2.64. The summed E-state index contributed by atoms with van der Waals surface area (Å²) in [6.07, 6.45) is 30.0. The summed E-state index contributed by atoms with van der Waals surface area (Å²) in [4.78, 5) is 0. The summed E-state index contributed by atoms with van der Waals surface area (Å²) in [7, 11) is -0.620. The van der Waals surface area contributed by atoms with E-state index in [0.29, 0.717) is 0 Å². The van der Waals surface area contributed by atoms with Crippen molar-refractivity contribution in [2.24, 2.45) is 0 Å². The first-order chi connectivity index (χ1) is 12.2. The van der Waals surface area contributed by atoms with E-state index in [0.717, 1.165) is 0 Å². The maximum Gasteiger partial charge on any atom is 5.00 e. The molecule has 0 N–H and O–H groups in total. The summed E-state index contributed by atoms with van der Waals surface area (Å²) in [5.41, 5.74) is 0. The Bertz CT molecular complexity index is 255. The SMILES string of the molecule is CCCCCCCCCCCC[P+](CCCC)(CCCC)CCCC.[F-].[F-].[F-].[F-].[F-].[F-].[Sb+5]. The van der Waals surface area contributed by atoms with E-state index in [4.69, 9.17) is 0 Å². The van der Waals surface area contributed by atoms with Crippen molar-refractivity contribution in [1.82, 2.24) is 0 Å². The quantitative estimate of drug-likeness (QED) is 0.0559. The number of halogens is 6. The van der Waals surface area contributed by atoms with Gasteiger partial charge in [-0.25, -0.2) is 0 Å². The number of rotatable bonds is 20. The molecule has 0 aromatic carbocycles. The van der Waals surface area contributed by atoms with Crippen molar-refractivity contribution in [2.45, 2.75) is 130 Å². The van der Waals surface area contributed by atoms with Crippen molar-refractivity contribution >= 4 is 31.7 Å². The average molecular weight is 607 g/mol. The fraction of sp³-hybridized carbons (Fsp3) is 1.00. The van der Waals surface area contributed by atoms with Gasteiger partial charge < -0.3 is 28.2 Å². The monoisotopic (exact) mass is 606 g/mol. The van der Waals surface area contributed by atoms with Crippen LogP contribution >= 0.6 is 7.26 Å². The van der Waals surface area contributed by atoms with Gasteiger partial charge in [0.25, 0.3) is 0 Å². The summed E-state index contributed by atoms with van der Waals surface area (Å²) in [5, 5.41) is 0. The zero-order chi connectivity index (χ0) is 18.6. The Kier molecular flexibility index (Phi) is 70.9. The molecule has 8 heteroatoms. The maximum absolute atomic E-state index is 2.38. The minimum Gasteiger partial charge on any atom is -1.00 e. The summed E-state index contributed by atoms with van der Waals surface area (Å²) >= 11 is 0. The molecule has 32 heavy (non-hydrogen) atoms. The molecule has 0 spiro atoms. The third-order valence-corrected chi connectivity index (χ3v) is 11.0. The Labute approximate surface area is 214 Å². The third kappa shape index (κ3) is 33.0. The van der Waals surface area contributed by atoms with Crippen LogP contribution in [0.4, 0.5) is 0 Å². The molecule has 0 atom stereocenters. The molecule has 0 aromatic rings. The van der Waals surface area contributed by atoms with Gasteiger partial charge in [0.1, 0.15) is 0 Å². The summed E-state index contributed by atoms with van der Waals surface area (Å²) in [6, 6.07) is 0. The summed E-state index contributed by atoms with van der Waals surface area (Å²) < 4.78 is 0. The number of unbranched alkanes of at least 4 members (excludes halogenated alkanes) is 12. The predicted octanol–water partition coefficient (Wildman–Crippen LogP) is -9.03. The van der Waals surface area contributed by atoms with E-state index < -0.39 is 7.26 Å². The van der Waals surface area contributed by atoms with Gasteiger partial charge in [0.05, 0.1) is 24.6 Å². The van der Waals surface area contributed by atoms with E-state index in [1.807, 2.05) is 0 Å². The number of hydrogen-bond acceptors (Lipinski definition) is 0. The Balaban J connectivity index is -0.000000137. The smallest absolute Gasteiger partial charge is 1.00 e. The molecule has 0 radical (unpaired) electrons. The van der Waals surface area contributed by atoms with E-state index in [-0.39, 0.29) is 52.7 Å². The molecular weight excluding hydrogens is 555 g/mol. The van der Waals surface area contributed by atoms with Crippen LogP contribution in [0.25, 0.3) is 0 Å². The van der Waals surface area contributed by atoms with Crippen molar-refractivity contribution in [2.75, 3.05) is 24.6 Å². The largest absolute Gasteiger partial charge is 5.00 e. The van der Waals surface area contributed by atoms with Crippen LogP contribution in [0.3, 0.4) is 0 Å². The van der Waals surface area contributed by atoms with E-state index in [2.05, 4.69) is 27.7 Å². The zero-order valence-corrected chi connectivity index (χ0v) is 24.8. The molecule has 0 amide bonds. The minimum atomic E-state index is -0.620. The first kappa shape index (κ1) is 53.9. The molecule has 0 unspecified atom stereocenters. The normalized spacial score (nSPS) is 9.38. The van der Waals surface area contributed by atoms with Gasteiger partial charge in [-0.05, 0) is 32.1 Å². The van der Waals surface area contributed by atoms with Gasteiger partial charge in [-0.3, -0.25) is 0 Å². The molecule has 0 fully saturated rings. The van der Waals surface area contributed by atoms with Crippen molar-refractivity contribution in [3.8, 4) is 0 Å². The molecule has 0 bridgehead atoms. The topological polar surface area (TPSA) is 0 Å². The third-order valence-electron chi connectivity index (χ3n) is 5.94. The van der Waals surface area contributed by atoms with Crippen LogP contribution in [-0.2, 0) is 0 Å². The molecule has 0 rings (SSSR count). The Hall–Kier alpha value is 0.828. The van der Waals surface area contributed by atoms with Gasteiger partial charge in [0, 0.05) is 7.26 Å². The van der Waals surface area contributed by atoms with Crippen LogP contribution in [0, 0.1) is 0 Å². The van der Waals surface area contributed by atoms with Crippen LogP contribution < -0.4 is 28.2 Å². The van der Waals surface area contributed by atoms with Gasteiger partial charge in [0.15, 0.2) is 0 Å². The van der Waals surface area contributed by atoms with Crippen LogP contribution in [0.2, 0.25) is 0 Å². The molecule has 0 aliphatic carbocycles. The van der Waals surface area contributed by atoms with Crippen LogP contribution in [-0.4, -0.2) is 49.1 Å².